The minimum absolute atomic E-state index is 0.0746. The Hall–Kier alpha value is -3.35. The van der Waals surface area contributed by atoms with Crippen LogP contribution in [0.15, 0.2) is 48.5 Å². The van der Waals surface area contributed by atoms with Crippen molar-refractivity contribution >= 4 is 17.9 Å². The maximum atomic E-state index is 13.7. The van der Waals surface area contributed by atoms with Gasteiger partial charge in [-0.05, 0) is 69.2 Å². The quantitative estimate of drug-likeness (QED) is 0.587. The van der Waals surface area contributed by atoms with E-state index in [-0.39, 0.29) is 30.3 Å². The molecule has 1 fully saturated rings. The van der Waals surface area contributed by atoms with Gasteiger partial charge in [-0.25, -0.2) is 4.79 Å². The third-order valence-corrected chi connectivity index (χ3v) is 6.15. The Morgan fingerprint density at radius 1 is 1.00 bits per heavy atom. The van der Waals surface area contributed by atoms with Gasteiger partial charge in [0.1, 0.15) is 18.2 Å². The fourth-order valence-electron chi connectivity index (χ4n) is 4.30. The summed E-state index contributed by atoms with van der Waals surface area (Å²) in [5, 5.41) is 5.60. The Labute approximate surface area is 208 Å². The predicted molar refractivity (Wildman–Crippen MR) is 136 cm³/mol. The molecule has 1 aliphatic carbocycles. The number of rotatable bonds is 8. The lowest BCUT2D eigenvalue weighted by atomic mass is 9.93. The highest BCUT2D eigenvalue weighted by Crippen LogP contribution is 2.41. The minimum Gasteiger partial charge on any atom is -0.444 e. The molecule has 188 valence electrons. The average molecular weight is 480 g/mol. The monoisotopic (exact) mass is 479 g/mol. The summed E-state index contributed by atoms with van der Waals surface area (Å²) in [5.41, 5.74) is 3.01. The van der Waals surface area contributed by atoms with Crippen molar-refractivity contribution in [2.24, 2.45) is 5.92 Å². The Balaban J connectivity index is 1.89. The van der Waals surface area contributed by atoms with Crippen LogP contribution in [0.2, 0.25) is 0 Å². The molecule has 3 atom stereocenters. The number of benzene rings is 2. The Morgan fingerprint density at radius 2 is 1.60 bits per heavy atom. The summed E-state index contributed by atoms with van der Waals surface area (Å²) in [6.45, 7) is 11.4. The number of nitrogens with zero attached hydrogens (tertiary/aromatic N) is 1. The fourth-order valence-corrected chi connectivity index (χ4v) is 4.30. The molecule has 3 amide bonds. The van der Waals surface area contributed by atoms with Gasteiger partial charge in [-0.15, -0.1) is 0 Å². The van der Waals surface area contributed by atoms with Crippen LogP contribution in [0.1, 0.15) is 62.4 Å². The highest BCUT2D eigenvalue weighted by atomic mass is 16.6. The first-order valence-corrected chi connectivity index (χ1v) is 12.1. The molecule has 0 aliphatic heterocycles. The van der Waals surface area contributed by atoms with Crippen molar-refractivity contribution in [3.63, 3.8) is 0 Å². The van der Waals surface area contributed by atoms with Crippen molar-refractivity contribution in [2.75, 3.05) is 6.54 Å². The second-order valence-corrected chi connectivity index (χ2v) is 10.3. The van der Waals surface area contributed by atoms with E-state index in [9.17, 15) is 14.4 Å². The van der Waals surface area contributed by atoms with Crippen LogP contribution in [0.3, 0.4) is 0 Å². The molecule has 1 saturated carbocycles. The van der Waals surface area contributed by atoms with Crippen LogP contribution in [0.5, 0.6) is 0 Å². The molecule has 2 aromatic carbocycles. The highest BCUT2D eigenvalue weighted by molar-refractivity contribution is 5.91. The van der Waals surface area contributed by atoms with Gasteiger partial charge < -0.3 is 20.3 Å². The Bertz CT molecular complexity index is 1040. The Kier molecular flexibility index (Phi) is 8.20. The molecular weight excluding hydrogens is 442 g/mol. The molecule has 2 N–H and O–H groups in total. The number of nitrogens with one attached hydrogen (secondary N) is 2. The van der Waals surface area contributed by atoms with Gasteiger partial charge in [0, 0.05) is 12.6 Å². The summed E-state index contributed by atoms with van der Waals surface area (Å²) in [6, 6.07) is 14.7. The first kappa shape index (κ1) is 26.3. The largest absolute Gasteiger partial charge is 0.444 e. The molecule has 7 nitrogen and oxygen atoms in total. The molecule has 0 bridgehead atoms. The van der Waals surface area contributed by atoms with Crippen molar-refractivity contribution in [2.45, 2.75) is 72.2 Å². The molecule has 2 aromatic rings. The number of aryl methyl sites for hydroxylation is 2. The lowest BCUT2D eigenvalue weighted by molar-refractivity contribution is -0.141. The van der Waals surface area contributed by atoms with E-state index in [0.717, 1.165) is 28.7 Å². The standard InChI is InChI=1S/C28H37N3O4/c1-18-11-10-12-19(2)24(18)25(26(33)29-16-21-13-8-7-9-14-21)31(22-15-20(22)3)23(32)17-30-27(34)35-28(4,5)6/h7-14,20,22,25H,15-17H2,1-6H3,(H,29,33)(H,30,34). The molecule has 0 heterocycles. The van der Waals surface area contributed by atoms with Crippen molar-refractivity contribution in [1.82, 2.24) is 15.5 Å². The van der Waals surface area contributed by atoms with Gasteiger partial charge in [0.05, 0.1) is 0 Å². The summed E-state index contributed by atoms with van der Waals surface area (Å²) in [7, 11) is 0. The second-order valence-electron chi connectivity index (χ2n) is 10.3. The van der Waals surface area contributed by atoms with E-state index in [1.165, 1.54) is 0 Å². The zero-order valence-corrected chi connectivity index (χ0v) is 21.6. The molecule has 0 aromatic heterocycles. The summed E-state index contributed by atoms with van der Waals surface area (Å²) in [5.74, 6) is -0.280. The van der Waals surface area contributed by atoms with E-state index in [1.807, 2.05) is 62.4 Å². The number of alkyl carbamates (subject to hydrolysis) is 1. The van der Waals surface area contributed by atoms with Gasteiger partial charge in [-0.2, -0.15) is 0 Å². The van der Waals surface area contributed by atoms with Gasteiger partial charge in [0.2, 0.25) is 11.8 Å². The van der Waals surface area contributed by atoms with Crippen LogP contribution >= 0.6 is 0 Å². The summed E-state index contributed by atoms with van der Waals surface area (Å²) in [4.78, 5) is 41.1. The van der Waals surface area contributed by atoms with Crippen LogP contribution < -0.4 is 10.6 Å². The Morgan fingerprint density at radius 3 is 2.14 bits per heavy atom. The minimum atomic E-state index is -0.803. The molecule has 35 heavy (non-hydrogen) atoms. The summed E-state index contributed by atoms with van der Waals surface area (Å²) in [6.07, 6.45) is 0.151. The molecular formula is C28H37N3O4. The number of amides is 3. The first-order chi connectivity index (χ1) is 16.5. The number of carbonyl (C=O) groups excluding carboxylic acids is 3. The van der Waals surface area contributed by atoms with Crippen molar-refractivity contribution in [3.05, 3.63) is 70.8 Å². The molecule has 3 unspecified atom stereocenters. The topological polar surface area (TPSA) is 87.7 Å². The van der Waals surface area contributed by atoms with Gasteiger partial charge in [-0.1, -0.05) is 55.5 Å². The van der Waals surface area contributed by atoms with E-state index >= 15 is 0 Å². The van der Waals surface area contributed by atoms with Crippen LogP contribution in [0, 0.1) is 19.8 Å². The van der Waals surface area contributed by atoms with Crippen LogP contribution in [-0.4, -0.2) is 41.0 Å². The van der Waals surface area contributed by atoms with Crippen molar-refractivity contribution in [3.8, 4) is 0 Å². The molecule has 0 radical (unpaired) electrons. The maximum Gasteiger partial charge on any atom is 0.408 e. The molecule has 3 rings (SSSR count). The molecule has 7 heteroatoms. The van der Waals surface area contributed by atoms with Crippen molar-refractivity contribution < 1.29 is 19.1 Å². The van der Waals surface area contributed by atoms with Crippen molar-refractivity contribution in [1.29, 1.82) is 0 Å². The molecule has 0 saturated heterocycles. The summed E-state index contributed by atoms with van der Waals surface area (Å²) < 4.78 is 5.28. The lowest BCUT2D eigenvalue weighted by Gasteiger charge is -2.34. The molecule has 0 spiro atoms. The van der Waals surface area contributed by atoms with E-state index in [1.54, 1.807) is 25.7 Å². The SMILES string of the molecule is Cc1cccc(C)c1C(C(=O)NCc1ccccc1)N(C(=O)CNC(=O)OC(C)(C)C)C1CC1C. The molecule has 1 aliphatic rings. The van der Waals surface area contributed by atoms with Gasteiger partial charge >= 0.3 is 6.09 Å². The average Bonchev–Trinajstić information content (AvgIpc) is 3.50. The second kappa shape index (κ2) is 10.9. The fraction of sp³-hybridized carbons (Fsp3) is 0.464. The van der Waals surface area contributed by atoms with Gasteiger partial charge in [-0.3, -0.25) is 9.59 Å². The summed E-state index contributed by atoms with van der Waals surface area (Å²) >= 11 is 0. The van der Waals surface area contributed by atoms with Crippen LogP contribution in [0.4, 0.5) is 4.79 Å². The number of hydrogen-bond donors (Lipinski definition) is 2. The van der Waals surface area contributed by atoms with E-state index in [2.05, 4.69) is 17.6 Å². The number of carbonyl (C=O) groups is 3. The van der Waals surface area contributed by atoms with E-state index in [0.29, 0.717) is 6.54 Å². The number of hydrogen-bond acceptors (Lipinski definition) is 4. The van der Waals surface area contributed by atoms with Gasteiger partial charge in [0.15, 0.2) is 0 Å². The third kappa shape index (κ3) is 7.07. The zero-order chi connectivity index (χ0) is 25.8. The normalized spacial score (nSPS) is 17.8. The van der Waals surface area contributed by atoms with Crippen LogP contribution in [-0.2, 0) is 20.9 Å². The van der Waals surface area contributed by atoms with E-state index < -0.39 is 17.7 Å². The van der Waals surface area contributed by atoms with Gasteiger partial charge in [0.25, 0.3) is 0 Å². The lowest BCUT2D eigenvalue weighted by Crippen LogP contribution is -2.49. The highest BCUT2D eigenvalue weighted by Gasteiger charge is 2.46. The van der Waals surface area contributed by atoms with Crippen LogP contribution in [0.25, 0.3) is 0 Å². The van der Waals surface area contributed by atoms with E-state index in [4.69, 9.17) is 4.74 Å². The third-order valence-electron chi connectivity index (χ3n) is 6.15. The number of ether oxygens (including phenoxy) is 1. The first-order valence-electron chi connectivity index (χ1n) is 12.1. The maximum absolute atomic E-state index is 13.7. The zero-order valence-electron chi connectivity index (χ0n) is 21.6. The predicted octanol–water partition coefficient (Wildman–Crippen LogP) is 4.42. The smallest absolute Gasteiger partial charge is 0.408 e.